The maximum atomic E-state index is 5.96. The molecule has 1 aliphatic rings. The van der Waals surface area contributed by atoms with Crippen LogP contribution in [0.3, 0.4) is 0 Å². The second kappa shape index (κ2) is 4.73. The van der Waals surface area contributed by atoms with E-state index in [1.807, 2.05) is 11.6 Å². The van der Waals surface area contributed by atoms with Crippen LogP contribution >= 0.6 is 23.2 Å². The number of nitrogens with zero attached hydrogens (tertiary/aromatic N) is 2. The predicted octanol–water partition coefficient (Wildman–Crippen LogP) is 2.62. The van der Waals surface area contributed by atoms with E-state index in [1.54, 1.807) is 0 Å². The largest absolute Gasteiger partial charge is 0.319 e. The fourth-order valence-corrected chi connectivity index (χ4v) is 2.26. The van der Waals surface area contributed by atoms with Gasteiger partial charge in [-0.2, -0.15) is 0 Å². The van der Waals surface area contributed by atoms with Crippen LogP contribution < -0.4 is 5.32 Å². The van der Waals surface area contributed by atoms with Crippen molar-refractivity contribution in [3.8, 4) is 0 Å². The molecule has 1 aromatic heterocycles. The van der Waals surface area contributed by atoms with Gasteiger partial charge in [-0.3, -0.25) is 0 Å². The standard InChI is InChI=1S/C10H15Cl2N3/c1-15-8(9(11)14-10(15)12)6-13-5-7-3-2-4-7/h7,13H,2-6H2,1H3. The van der Waals surface area contributed by atoms with Crippen molar-refractivity contribution < 1.29 is 0 Å². The number of hydrogen-bond acceptors (Lipinski definition) is 2. The Morgan fingerprint density at radius 2 is 2.20 bits per heavy atom. The molecule has 0 aromatic carbocycles. The fourth-order valence-electron chi connectivity index (χ4n) is 1.75. The minimum Gasteiger partial charge on any atom is -0.319 e. The molecular weight excluding hydrogens is 233 g/mol. The molecule has 1 aliphatic carbocycles. The van der Waals surface area contributed by atoms with E-state index in [-0.39, 0.29) is 0 Å². The van der Waals surface area contributed by atoms with E-state index in [0.717, 1.165) is 24.7 Å². The van der Waals surface area contributed by atoms with Gasteiger partial charge in [0.05, 0.1) is 5.69 Å². The van der Waals surface area contributed by atoms with Gasteiger partial charge in [-0.1, -0.05) is 18.0 Å². The van der Waals surface area contributed by atoms with Gasteiger partial charge >= 0.3 is 0 Å². The molecule has 84 valence electrons. The van der Waals surface area contributed by atoms with Gasteiger partial charge in [0.15, 0.2) is 5.15 Å². The first-order chi connectivity index (χ1) is 7.18. The Bertz CT molecular complexity index is 345. The molecule has 0 spiro atoms. The van der Waals surface area contributed by atoms with Crippen LogP contribution in [0, 0.1) is 5.92 Å². The van der Waals surface area contributed by atoms with Crippen molar-refractivity contribution in [1.82, 2.24) is 14.9 Å². The zero-order chi connectivity index (χ0) is 10.8. The molecule has 0 bridgehead atoms. The van der Waals surface area contributed by atoms with Crippen molar-refractivity contribution in [2.24, 2.45) is 13.0 Å². The molecule has 0 atom stereocenters. The lowest BCUT2D eigenvalue weighted by Gasteiger charge is -2.25. The molecule has 0 saturated heterocycles. The van der Waals surface area contributed by atoms with Gasteiger partial charge in [-0.15, -0.1) is 0 Å². The highest BCUT2D eigenvalue weighted by Crippen LogP contribution is 2.25. The molecule has 0 radical (unpaired) electrons. The van der Waals surface area contributed by atoms with E-state index in [0.29, 0.717) is 10.4 Å². The van der Waals surface area contributed by atoms with Crippen LogP contribution in [-0.2, 0) is 13.6 Å². The zero-order valence-electron chi connectivity index (χ0n) is 8.76. The summed E-state index contributed by atoms with van der Waals surface area (Å²) >= 11 is 11.8. The van der Waals surface area contributed by atoms with Crippen LogP contribution in [0.5, 0.6) is 0 Å². The smallest absolute Gasteiger partial charge is 0.204 e. The van der Waals surface area contributed by atoms with Gasteiger partial charge in [-0.05, 0) is 36.9 Å². The maximum absolute atomic E-state index is 5.96. The Hall–Kier alpha value is -0.250. The number of halogens is 2. The number of rotatable bonds is 4. The highest BCUT2D eigenvalue weighted by molar-refractivity contribution is 6.32. The van der Waals surface area contributed by atoms with Crippen molar-refractivity contribution >= 4 is 23.2 Å². The van der Waals surface area contributed by atoms with Crippen molar-refractivity contribution in [1.29, 1.82) is 0 Å². The Morgan fingerprint density at radius 1 is 1.47 bits per heavy atom. The first-order valence-corrected chi connectivity index (χ1v) is 6.01. The van der Waals surface area contributed by atoms with Gasteiger partial charge in [0.25, 0.3) is 0 Å². The highest BCUT2D eigenvalue weighted by Gasteiger charge is 2.17. The Morgan fingerprint density at radius 3 is 2.67 bits per heavy atom. The van der Waals surface area contributed by atoms with Crippen LogP contribution in [0.1, 0.15) is 25.0 Å². The summed E-state index contributed by atoms with van der Waals surface area (Å²) < 4.78 is 1.82. The summed E-state index contributed by atoms with van der Waals surface area (Å²) in [6, 6.07) is 0. The van der Waals surface area contributed by atoms with Gasteiger partial charge in [-0.25, -0.2) is 4.98 Å². The SMILES string of the molecule is Cn1c(Cl)nc(Cl)c1CNCC1CCC1. The summed E-state index contributed by atoms with van der Waals surface area (Å²) in [4.78, 5) is 4.00. The lowest BCUT2D eigenvalue weighted by molar-refractivity contribution is 0.300. The van der Waals surface area contributed by atoms with Gasteiger partial charge < -0.3 is 9.88 Å². The molecule has 3 nitrogen and oxygen atoms in total. The normalized spacial score (nSPS) is 16.7. The van der Waals surface area contributed by atoms with E-state index >= 15 is 0 Å². The number of imidazole rings is 1. The molecule has 0 unspecified atom stereocenters. The van der Waals surface area contributed by atoms with Crippen molar-refractivity contribution in [3.05, 3.63) is 16.1 Å². The maximum Gasteiger partial charge on any atom is 0.204 e. The van der Waals surface area contributed by atoms with E-state index in [2.05, 4.69) is 10.3 Å². The minimum absolute atomic E-state index is 0.445. The Balaban J connectivity index is 1.86. The third-order valence-corrected chi connectivity index (χ3v) is 3.70. The topological polar surface area (TPSA) is 29.9 Å². The third kappa shape index (κ3) is 2.47. The summed E-state index contributed by atoms with van der Waals surface area (Å²) in [5, 5.41) is 4.34. The molecule has 1 fully saturated rings. The molecular formula is C10H15Cl2N3. The first-order valence-electron chi connectivity index (χ1n) is 5.26. The average Bonchev–Trinajstić information content (AvgIpc) is 2.35. The number of hydrogen-bond donors (Lipinski definition) is 1. The van der Waals surface area contributed by atoms with E-state index in [9.17, 15) is 0 Å². The van der Waals surface area contributed by atoms with E-state index < -0.39 is 0 Å². The Kier molecular flexibility index (Phi) is 3.54. The van der Waals surface area contributed by atoms with Crippen LogP contribution in [0.4, 0.5) is 0 Å². The average molecular weight is 248 g/mol. The molecule has 1 N–H and O–H groups in total. The first kappa shape index (κ1) is 11.2. The molecule has 0 aliphatic heterocycles. The van der Waals surface area contributed by atoms with Gasteiger partial charge in [0.2, 0.25) is 5.28 Å². The second-order valence-electron chi connectivity index (χ2n) is 4.11. The predicted molar refractivity (Wildman–Crippen MR) is 62.3 cm³/mol. The summed E-state index contributed by atoms with van der Waals surface area (Å²) in [7, 11) is 1.88. The quantitative estimate of drug-likeness (QED) is 0.887. The number of aromatic nitrogens is 2. The van der Waals surface area contributed by atoms with Crippen LogP contribution in [0.2, 0.25) is 10.4 Å². The summed E-state index contributed by atoms with van der Waals surface area (Å²) in [5.41, 5.74) is 0.959. The summed E-state index contributed by atoms with van der Waals surface area (Å²) in [6.45, 7) is 1.81. The number of nitrogens with one attached hydrogen (secondary N) is 1. The monoisotopic (exact) mass is 247 g/mol. The van der Waals surface area contributed by atoms with E-state index in [4.69, 9.17) is 23.2 Å². The van der Waals surface area contributed by atoms with Crippen molar-refractivity contribution in [2.45, 2.75) is 25.8 Å². The second-order valence-corrected chi connectivity index (χ2v) is 4.80. The molecule has 1 aromatic rings. The lowest BCUT2D eigenvalue weighted by atomic mass is 9.85. The zero-order valence-corrected chi connectivity index (χ0v) is 10.3. The Labute approximate surface area is 99.8 Å². The lowest BCUT2D eigenvalue weighted by Crippen LogP contribution is -2.27. The minimum atomic E-state index is 0.445. The molecule has 15 heavy (non-hydrogen) atoms. The molecule has 0 amide bonds. The van der Waals surface area contributed by atoms with Crippen LogP contribution in [0.25, 0.3) is 0 Å². The summed E-state index contributed by atoms with van der Waals surface area (Å²) in [6.07, 6.45) is 4.09. The third-order valence-electron chi connectivity index (χ3n) is 3.06. The fraction of sp³-hybridized carbons (Fsp3) is 0.700. The molecule has 1 saturated carbocycles. The van der Waals surface area contributed by atoms with Crippen molar-refractivity contribution in [2.75, 3.05) is 6.54 Å². The van der Waals surface area contributed by atoms with Gasteiger partial charge in [0.1, 0.15) is 0 Å². The van der Waals surface area contributed by atoms with E-state index in [1.165, 1.54) is 19.3 Å². The van der Waals surface area contributed by atoms with Crippen molar-refractivity contribution in [3.63, 3.8) is 0 Å². The highest BCUT2D eigenvalue weighted by atomic mass is 35.5. The summed E-state index contributed by atoms with van der Waals surface area (Å²) in [5.74, 6) is 0.854. The molecule has 2 rings (SSSR count). The molecule has 1 heterocycles. The van der Waals surface area contributed by atoms with Gasteiger partial charge in [0, 0.05) is 13.6 Å². The van der Waals surface area contributed by atoms with Crippen LogP contribution in [-0.4, -0.2) is 16.1 Å². The van der Waals surface area contributed by atoms with Crippen LogP contribution in [0.15, 0.2) is 0 Å². The molecule has 5 heteroatoms.